The molecule has 0 spiro atoms. The molecule has 18 heavy (non-hydrogen) atoms. The van der Waals surface area contributed by atoms with Gasteiger partial charge in [-0.1, -0.05) is 13.0 Å². The van der Waals surface area contributed by atoms with Crippen molar-refractivity contribution >= 4 is 0 Å². The summed E-state index contributed by atoms with van der Waals surface area (Å²) in [5.74, 6) is 1.93. The summed E-state index contributed by atoms with van der Waals surface area (Å²) in [6.45, 7) is 7.78. The van der Waals surface area contributed by atoms with E-state index in [9.17, 15) is 0 Å². The Morgan fingerprint density at radius 2 is 2.06 bits per heavy atom. The molecular weight excluding hydrogens is 224 g/mol. The Morgan fingerprint density at radius 3 is 2.67 bits per heavy atom. The number of nitrogens with one attached hydrogen (secondary N) is 1. The minimum absolute atomic E-state index is 0.752. The SMILES string of the molecule is CCc1ncc(CNCc2ccc(C)o2)cc1C. The van der Waals surface area contributed by atoms with Gasteiger partial charge in [-0.3, -0.25) is 4.98 Å². The molecule has 3 nitrogen and oxygen atoms in total. The van der Waals surface area contributed by atoms with E-state index in [2.05, 4.69) is 30.2 Å². The normalized spacial score (nSPS) is 10.8. The van der Waals surface area contributed by atoms with Crippen LogP contribution in [0, 0.1) is 13.8 Å². The van der Waals surface area contributed by atoms with Gasteiger partial charge < -0.3 is 9.73 Å². The number of hydrogen-bond donors (Lipinski definition) is 1. The molecule has 0 saturated heterocycles. The van der Waals surface area contributed by atoms with Crippen LogP contribution < -0.4 is 5.32 Å². The average Bonchev–Trinajstić information content (AvgIpc) is 2.75. The van der Waals surface area contributed by atoms with Gasteiger partial charge in [-0.15, -0.1) is 0 Å². The summed E-state index contributed by atoms with van der Waals surface area (Å²) in [5.41, 5.74) is 3.67. The first-order chi connectivity index (χ1) is 8.69. The molecule has 0 saturated carbocycles. The second-order valence-corrected chi connectivity index (χ2v) is 4.58. The number of aryl methyl sites for hydroxylation is 3. The van der Waals surface area contributed by atoms with Crippen molar-refractivity contribution in [3.63, 3.8) is 0 Å². The molecule has 3 heteroatoms. The van der Waals surface area contributed by atoms with Crippen LogP contribution in [-0.4, -0.2) is 4.98 Å². The van der Waals surface area contributed by atoms with Gasteiger partial charge in [0, 0.05) is 18.4 Å². The van der Waals surface area contributed by atoms with E-state index >= 15 is 0 Å². The lowest BCUT2D eigenvalue weighted by atomic mass is 10.1. The molecule has 0 aliphatic rings. The summed E-state index contributed by atoms with van der Waals surface area (Å²) in [7, 11) is 0. The van der Waals surface area contributed by atoms with Crippen molar-refractivity contribution in [2.24, 2.45) is 0 Å². The molecule has 0 bridgehead atoms. The van der Waals surface area contributed by atoms with E-state index in [4.69, 9.17) is 4.42 Å². The lowest BCUT2D eigenvalue weighted by Crippen LogP contribution is -2.12. The maximum absolute atomic E-state index is 5.50. The topological polar surface area (TPSA) is 38.1 Å². The van der Waals surface area contributed by atoms with Crippen LogP contribution in [0.3, 0.4) is 0 Å². The zero-order chi connectivity index (χ0) is 13.0. The molecule has 0 atom stereocenters. The third-order valence-electron chi connectivity index (χ3n) is 3.00. The number of aromatic nitrogens is 1. The first-order valence-electron chi connectivity index (χ1n) is 6.39. The molecule has 2 aromatic heterocycles. The molecule has 0 radical (unpaired) electrons. The smallest absolute Gasteiger partial charge is 0.117 e. The Morgan fingerprint density at radius 1 is 1.22 bits per heavy atom. The summed E-state index contributed by atoms with van der Waals surface area (Å²) < 4.78 is 5.50. The van der Waals surface area contributed by atoms with Crippen molar-refractivity contribution < 1.29 is 4.42 Å². The van der Waals surface area contributed by atoms with Gasteiger partial charge in [-0.2, -0.15) is 0 Å². The quantitative estimate of drug-likeness (QED) is 0.878. The van der Waals surface area contributed by atoms with Crippen LogP contribution in [-0.2, 0) is 19.5 Å². The average molecular weight is 244 g/mol. The van der Waals surface area contributed by atoms with Crippen LogP contribution in [0.15, 0.2) is 28.8 Å². The van der Waals surface area contributed by atoms with Crippen molar-refractivity contribution in [3.05, 3.63) is 52.7 Å². The highest BCUT2D eigenvalue weighted by Crippen LogP contribution is 2.09. The predicted molar refractivity (Wildman–Crippen MR) is 72.3 cm³/mol. The van der Waals surface area contributed by atoms with Crippen LogP contribution in [0.2, 0.25) is 0 Å². The summed E-state index contributed by atoms with van der Waals surface area (Å²) in [6, 6.07) is 6.19. The van der Waals surface area contributed by atoms with Gasteiger partial charge in [0.15, 0.2) is 0 Å². The van der Waals surface area contributed by atoms with Gasteiger partial charge in [-0.25, -0.2) is 0 Å². The molecule has 2 rings (SSSR count). The highest BCUT2D eigenvalue weighted by atomic mass is 16.3. The molecule has 2 heterocycles. The highest BCUT2D eigenvalue weighted by Gasteiger charge is 2.01. The molecule has 2 aromatic rings. The van der Waals surface area contributed by atoms with Gasteiger partial charge in [0.05, 0.1) is 6.54 Å². The van der Waals surface area contributed by atoms with E-state index in [1.54, 1.807) is 0 Å². The van der Waals surface area contributed by atoms with Crippen LogP contribution in [0.5, 0.6) is 0 Å². The molecule has 0 amide bonds. The van der Waals surface area contributed by atoms with Crippen molar-refractivity contribution in [1.29, 1.82) is 0 Å². The Labute approximate surface area is 108 Å². The standard InChI is InChI=1S/C15H20N2O/c1-4-15-11(2)7-13(9-17-15)8-16-10-14-6-5-12(3)18-14/h5-7,9,16H,4,8,10H2,1-3H3. The number of rotatable bonds is 5. The summed E-state index contributed by atoms with van der Waals surface area (Å²) >= 11 is 0. The largest absolute Gasteiger partial charge is 0.465 e. The maximum atomic E-state index is 5.50. The molecule has 96 valence electrons. The minimum Gasteiger partial charge on any atom is -0.465 e. The van der Waals surface area contributed by atoms with Gasteiger partial charge in [0.1, 0.15) is 11.5 Å². The number of pyridine rings is 1. The van der Waals surface area contributed by atoms with Gasteiger partial charge in [0.2, 0.25) is 0 Å². The Bertz CT molecular complexity index is 517. The molecule has 0 fully saturated rings. The first-order valence-corrected chi connectivity index (χ1v) is 6.39. The van der Waals surface area contributed by atoms with Crippen LogP contribution in [0.4, 0.5) is 0 Å². The van der Waals surface area contributed by atoms with Crippen molar-refractivity contribution in [1.82, 2.24) is 10.3 Å². The van der Waals surface area contributed by atoms with Crippen molar-refractivity contribution in [2.75, 3.05) is 0 Å². The number of furan rings is 1. The Hall–Kier alpha value is -1.61. The predicted octanol–water partition coefficient (Wildman–Crippen LogP) is 3.14. The lowest BCUT2D eigenvalue weighted by molar-refractivity contribution is 0.461. The van der Waals surface area contributed by atoms with Crippen molar-refractivity contribution in [2.45, 2.75) is 40.3 Å². The van der Waals surface area contributed by atoms with Gasteiger partial charge >= 0.3 is 0 Å². The highest BCUT2D eigenvalue weighted by molar-refractivity contribution is 5.24. The van der Waals surface area contributed by atoms with Gasteiger partial charge in [0.25, 0.3) is 0 Å². The third-order valence-corrected chi connectivity index (χ3v) is 3.00. The number of hydrogen-bond acceptors (Lipinski definition) is 3. The molecule has 0 aromatic carbocycles. The minimum atomic E-state index is 0.752. The molecule has 1 N–H and O–H groups in total. The summed E-state index contributed by atoms with van der Waals surface area (Å²) in [4.78, 5) is 4.46. The monoisotopic (exact) mass is 244 g/mol. The van der Waals surface area contributed by atoms with Gasteiger partial charge in [-0.05, 0) is 43.5 Å². The molecule has 0 aliphatic carbocycles. The second-order valence-electron chi connectivity index (χ2n) is 4.58. The summed E-state index contributed by atoms with van der Waals surface area (Å²) in [6.07, 6.45) is 2.94. The Balaban J connectivity index is 1.88. The van der Waals surface area contributed by atoms with Crippen LogP contribution in [0.1, 0.15) is 35.3 Å². The van der Waals surface area contributed by atoms with Crippen molar-refractivity contribution in [3.8, 4) is 0 Å². The van der Waals surface area contributed by atoms with E-state index < -0.39 is 0 Å². The molecule has 0 aliphatic heterocycles. The lowest BCUT2D eigenvalue weighted by Gasteiger charge is -2.06. The van der Waals surface area contributed by atoms with E-state index in [0.29, 0.717) is 0 Å². The zero-order valence-electron chi connectivity index (χ0n) is 11.3. The number of nitrogens with zero attached hydrogens (tertiary/aromatic N) is 1. The van der Waals surface area contributed by atoms with E-state index in [0.717, 1.165) is 31.0 Å². The fraction of sp³-hybridized carbons (Fsp3) is 0.400. The zero-order valence-corrected chi connectivity index (χ0v) is 11.3. The Kier molecular flexibility index (Phi) is 4.15. The molecule has 0 unspecified atom stereocenters. The van der Waals surface area contributed by atoms with E-state index in [-0.39, 0.29) is 0 Å². The van der Waals surface area contributed by atoms with E-state index in [1.165, 1.54) is 16.8 Å². The third kappa shape index (κ3) is 3.20. The fourth-order valence-corrected chi connectivity index (χ4v) is 2.04. The maximum Gasteiger partial charge on any atom is 0.117 e. The second kappa shape index (κ2) is 5.83. The molecular formula is C15H20N2O. The first kappa shape index (κ1) is 12.8. The summed E-state index contributed by atoms with van der Waals surface area (Å²) in [5, 5.41) is 3.36. The van der Waals surface area contributed by atoms with E-state index in [1.807, 2.05) is 25.3 Å². The fourth-order valence-electron chi connectivity index (χ4n) is 2.04. The van der Waals surface area contributed by atoms with Crippen LogP contribution in [0.25, 0.3) is 0 Å². The van der Waals surface area contributed by atoms with Crippen LogP contribution >= 0.6 is 0 Å².